The molecule has 1 aromatic rings. The lowest BCUT2D eigenvalue weighted by atomic mass is 10.2. The normalized spacial score (nSPS) is 9.42. The molecule has 1 aromatic carbocycles. The predicted octanol–water partition coefficient (Wildman–Crippen LogP) is 1.55. The third kappa shape index (κ3) is 1.29. The van der Waals surface area contributed by atoms with Crippen molar-refractivity contribution in [1.82, 2.24) is 0 Å². The zero-order valence-corrected chi connectivity index (χ0v) is 5.86. The SMILES string of the molecule is O=Cc1cccc(F)c1[N+](=O)[O-]. The molecule has 0 fully saturated rings. The lowest BCUT2D eigenvalue weighted by Gasteiger charge is -1.94. The van der Waals surface area contributed by atoms with Crippen LogP contribution in [0.1, 0.15) is 10.4 Å². The van der Waals surface area contributed by atoms with Crippen LogP contribution in [-0.4, -0.2) is 11.2 Å². The first-order valence-electron chi connectivity index (χ1n) is 3.05. The maximum absolute atomic E-state index is 12.7. The van der Waals surface area contributed by atoms with Crippen molar-refractivity contribution in [3.8, 4) is 0 Å². The van der Waals surface area contributed by atoms with E-state index < -0.39 is 16.4 Å². The smallest absolute Gasteiger partial charge is 0.298 e. The molecule has 0 unspecified atom stereocenters. The molecule has 0 aliphatic rings. The van der Waals surface area contributed by atoms with E-state index in [4.69, 9.17) is 0 Å². The highest BCUT2D eigenvalue weighted by Gasteiger charge is 2.18. The molecular formula is C7H4FNO3. The Bertz CT molecular complexity index is 337. The van der Waals surface area contributed by atoms with Crippen molar-refractivity contribution in [2.75, 3.05) is 0 Å². The number of carbonyl (C=O) groups excluding carboxylic acids is 1. The van der Waals surface area contributed by atoms with Gasteiger partial charge in [0.1, 0.15) is 0 Å². The molecule has 12 heavy (non-hydrogen) atoms. The number of para-hydroxylation sites is 1. The van der Waals surface area contributed by atoms with Crippen LogP contribution in [0.15, 0.2) is 18.2 Å². The minimum absolute atomic E-state index is 0.250. The average Bonchev–Trinajstić information content (AvgIpc) is 2.03. The molecule has 5 heteroatoms. The number of hydrogen-bond donors (Lipinski definition) is 0. The summed E-state index contributed by atoms with van der Waals surface area (Å²) in [6.07, 6.45) is 0.251. The van der Waals surface area contributed by atoms with Gasteiger partial charge in [-0.1, -0.05) is 6.07 Å². The van der Waals surface area contributed by atoms with Gasteiger partial charge in [0.25, 0.3) is 0 Å². The minimum Gasteiger partial charge on any atom is -0.298 e. The van der Waals surface area contributed by atoms with E-state index in [2.05, 4.69) is 0 Å². The predicted molar refractivity (Wildman–Crippen MR) is 38.4 cm³/mol. The van der Waals surface area contributed by atoms with E-state index in [1.54, 1.807) is 0 Å². The molecular weight excluding hydrogens is 165 g/mol. The highest BCUT2D eigenvalue weighted by molar-refractivity contribution is 5.81. The molecule has 1 rings (SSSR count). The number of hydrogen-bond acceptors (Lipinski definition) is 3. The van der Waals surface area contributed by atoms with Crippen molar-refractivity contribution < 1.29 is 14.1 Å². The van der Waals surface area contributed by atoms with Gasteiger partial charge in [0.15, 0.2) is 6.29 Å². The third-order valence-electron chi connectivity index (χ3n) is 1.33. The van der Waals surface area contributed by atoms with Crippen LogP contribution < -0.4 is 0 Å². The molecule has 62 valence electrons. The Hall–Kier alpha value is -1.78. The summed E-state index contributed by atoms with van der Waals surface area (Å²) in [5.41, 5.74) is -1.02. The molecule has 0 radical (unpaired) electrons. The van der Waals surface area contributed by atoms with Crippen molar-refractivity contribution in [2.24, 2.45) is 0 Å². The number of nitrogens with zero attached hydrogens (tertiary/aromatic N) is 1. The second kappa shape index (κ2) is 3.08. The Morgan fingerprint density at radius 2 is 2.17 bits per heavy atom. The van der Waals surface area contributed by atoms with Crippen LogP contribution in [-0.2, 0) is 0 Å². The highest BCUT2D eigenvalue weighted by atomic mass is 19.1. The number of nitro benzene ring substituents is 1. The summed E-state index contributed by atoms with van der Waals surface area (Å²) in [4.78, 5) is 19.5. The van der Waals surface area contributed by atoms with E-state index >= 15 is 0 Å². The Morgan fingerprint density at radius 3 is 2.58 bits per heavy atom. The fourth-order valence-corrected chi connectivity index (χ4v) is 0.820. The lowest BCUT2D eigenvalue weighted by Crippen LogP contribution is -1.97. The van der Waals surface area contributed by atoms with Gasteiger partial charge >= 0.3 is 5.69 Å². The Morgan fingerprint density at radius 1 is 1.50 bits per heavy atom. The van der Waals surface area contributed by atoms with Crippen molar-refractivity contribution in [1.29, 1.82) is 0 Å². The van der Waals surface area contributed by atoms with Gasteiger partial charge in [0.2, 0.25) is 5.82 Å². The van der Waals surface area contributed by atoms with Crippen molar-refractivity contribution >= 4 is 12.0 Å². The van der Waals surface area contributed by atoms with Crippen LogP contribution in [0.5, 0.6) is 0 Å². The van der Waals surface area contributed by atoms with Crippen LogP contribution >= 0.6 is 0 Å². The number of nitro groups is 1. The fraction of sp³-hybridized carbons (Fsp3) is 0. The van der Waals surface area contributed by atoms with Crippen molar-refractivity contribution in [2.45, 2.75) is 0 Å². The Balaban J connectivity index is 3.39. The molecule has 0 aromatic heterocycles. The maximum Gasteiger partial charge on any atom is 0.315 e. The molecule has 0 saturated carbocycles. The first-order chi connectivity index (χ1) is 5.66. The van der Waals surface area contributed by atoms with Gasteiger partial charge in [-0.15, -0.1) is 0 Å². The van der Waals surface area contributed by atoms with Gasteiger partial charge in [-0.3, -0.25) is 14.9 Å². The molecule has 0 aliphatic carbocycles. The van der Waals surface area contributed by atoms with E-state index in [1.807, 2.05) is 0 Å². The highest BCUT2D eigenvalue weighted by Crippen LogP contribution is 2.20. The first-order valence-corrected chi connectivity index (χ1v) is 3.05. The number of rotatable bonds is 2. The Kier molecular flexibility index (Phi) is 2.14. The summed E-state index contributed by atoms with van der Waals surface area (Å²) < 4.78 is 12.7. The molecule has 0 N–H and O–H groups in total. The van der Waals surface area contributed by atoms with E-state index in [0.717, 1.165) is 6.07 Å². The molecule has 0 saturated heterocycles. The van der Waals surface area contributed by atoms with Crippen LogP contribution in [0.2, 0.25) is 0 Å². The molecule has 0 bridgehead atoms. The summed E-state index contributed by atoms with van der Waals surface area (Å²) in [5.74, 6) is -0.996. The van der Waals surface area contributed by atoms with Gasteiger partial charge in [0, 0.05) is 0 Å². The summed E-state index contributed by atoms with van der Waals surface area (Å²) >= 11 is 0. The molecule has 0 heterocycles. The van der Waals surface area contributed by atoms with Gasteiger partial charge in [0.05, 0.1) is 10.5 Å². The monoisotopic (exact) mass is 169 g/mol. The summed E-state index contributed by atoms with van der Waals surface area (Å²) in [5, 5.41) is 10.2. The molecule has 0 amide bonds. The zero-order valence-electron chi connectivity index (χ0n) is 5.86. The van der Waals surface area contributed by atoms with E-state index in [1.165, 1.54) is 12.1 Å². The van der Waals surface area contributed by atoms with Crippen LogP contribution in [0, 0.1) is 15.9 Å². The zero-order chi connectivity index (χ0) is 9.14. The number of carbonyl (C=O) groups is 1. The quantitative estimate of drug-likeness (QED) is 0.383. The third-order valence-corrected chi connectivity index (χ3v) is 1.33. The van der Waals surface area contributed by atoms with Gasteiger partial charge in [-0.25, -0.2) is 0 Å². The Labute approximate surface area is 66.8 Å². The standard InChI is InChI=1S/C7H4FNO3/c8-6-3-1-2-5(4-10)7(6)9(11)12/h1-4H. The van der Waals surface area contributed by atoms with E-state index in [9.17, 15) is 19.3 Å². The second-order valence-corrected chi connectivity index (χ2v) is 2.05. The van der Waals surface area contributed by atoms with E-state index in [0.29, 0.717) is 0 Å². The number of halogens is 1. The largest absolute Gasteiger partial charge is 0.315 e. The van der Waals surface area contributed by atoms with Gasteiger partial charge in [-0.05, 0) is 12.1 Å². The maximum atomic E-state index is 12.7. The van der Waals surface area contributed by atoms with Crippen LogP contribution in [0.4, 0.5) is 10.1 Å². The summed E-state index contributed by atoms with van der Waals surface area (Å²) in [6.45, 7) is 0. The second-order valence-electron chi connectivity index (χ2n) is 2.05. The summed E-state index contributed by atoms with van der Waals surface area (Å²) in [6, 6.07) is 3.37. The first kappa shape index (κ1) is 8.32. The number of aldehydes is 1. The van der Waals surface area contributed by atoms with Crippen molar-refractivity contribution in [3.05, 3.63) is 39.7 Å². The molecule has 0 aliphatic heterocycles. The van der Waals surface area contributed by atoms with Crippen LogP contribution in [0.25, 0.3) is 0 Å². The molecule has 0 atom stereocenters. The molecule has 0 spiro atoms. The average molecular weight is 169 g/mol. The van der Waals surface area contributed by atoms with Gasteiger partial charge in [-0.2, -0.15) is 4.39 Å². The minimum atomic E-state index is -0.996. The fourth-order valence-electron chi connectivity index (χ4n) is 0.820. The number of benzene rings is 1. The van der Waals surface area contributed by atoms with Crippen LogP contribution in [0.3, 0.4) is 0 Å². The topological polar surface area (TPSA) is 60.2 Å². The summed E-state index contributed by atoms with van der Waals surface area (Å²) in [7, 11) is 0. The van der Waals surface area contributed by atoms with E-state index in [-0.39, 0.29) is 11.8 Å². The van der Waals surface area contributed by atoms with Crippen molar-refractivity contribution in [3.63, 3.8) is 0 Å². The van der Waals surface area contributed by atoms with Gasteiger partial charge < -0.3 is 0 Å². The molecule has 4 nitrogen and oxygen atoms in total. The lowest BCUT2D eigenvalue weighted by molar-refractivity contribution is -0.387.